The minimum absolute atomic E-state index is 0.0367. The van der Waals surface area contributed by atoms with Crippen LogP contribution in [-0.4, -0.2) is 25.0 Å². The highest BCUT2D eigenvalue weighted by atomic mass is 16.5. The van der Waals surface area contributed by atoms with Gasteiger partial charge in [-0.1, -0.05) is 6.07 Å². The second-order valence-corrected chi connectivity index (χ2v) is 4.90. The summed E-state index contributed by atoms with van der Waals surface area (Å²) >= 11 is 0. The highest BCUT2D eigenvalue weighted by Crippen LogP contribution is 2.28. The molecule has 1 heterocycles. The molecular weight excluding hydrogens is 226 g/mol. The molecule has 0 radical (unpaired) electrons. The number of carbonyl (C=O) groups is 1. The van der Waals surface area contributed by atoms with Crippen molar-refractivity contribution in [1.29, 1.82) is 0 Å². The Morgan fingerprint density at radius 3 is 2.83 bits per heavy atom. The smallest absolute Gasteiger partial charge is 0.183 e. The molecule has 0 bridgehead atoms. The molecule has 1 unspecified atom stereocenters. The van der Waals surface area contributed by atoms with E-state index < -0.39 is 0 Å². The zero-order valence-electron chi connectivity index (χ0n) is 11.4. The fraction of sp³-hybridized carbons (Fsp3) is 0.533. The highest BCUT2D eigenvalue weighted by molar-refractivity contribution is 6.03. The van der Waals surface area contributed by atoms with E-state index >= 15 is 0 Å². The van der Waals surface area contributed by atoms with E-state index in [0.717, 1.165) is 41.8 Å². The summed E-state index contributed by atoms with van der Waals surface area (Å²) in [6, 6.07) is 3.97. The van der Waals surface area contributed by atoms with Gasteiger partial charge in [-0.05, 0) is 57.4 Å². The fourth-order valence-corrected chi connectivity index (χ4v) is 2.57. The number of aryl methyl sites for hydroxylation is 2. The van der Waals surface area contributed by atoms with Gasteiger partial charge >= 0.3 is 0 Å². The molecule has 0 aromatic heterocycles. The van der Waals surface area contributed by atoms with Crippen LogP contribution in [0.25, 0.3) is 0 Å². The second-order valence-electron chi connectivity index (χ2n) is 4.90. The first-order chi connectivity index (χ1) is 8.63. The summed E-state index contributed by atoms with van der Waals surface area (Å²) in [4.78, 5) is 12.5. The molecule has 1 aliphatic rings. The van der Waals surface area contributed by atoms with Crippen LogP contribution in [0.5, 0.6) is 5.75 Å². The Bertz CT molecular complexity index is 448. The van der Waals surface area contributed by atoms with E-state index in [1.165, 1.54) is 0 Å². The van der Waals surface area contributed by atoms with Gasteiger partial charge in [-0.3, -0.25) is 4.79 Å². The molecule has 98 valence electrons. The molecule has 0 aliphatic carbocycles. The van der Waals surface area contributed by atoms with Gasteiger partial charge in [-0.25, -0.2) is 0 Å². The lowest BCUT2D eigenvalue weighted by Crippen LogP contribution is -2.31. The van der Waals surface area contributed by atoms with Crippen molar-refractivity contribution in [3.05, 3.63) is 28.8 Å². The molecule has 1 N–H and O–H groups in total. The molecule has 1 atom stereocenters. The predicted molar refractivity (Wildman–Crippen MR) is 72.4 cm³/mol. The molecule has 1 aromatic rings. The lowest BCUT2D eigenvalue weighted by molar-refractivity contribution is 0.0948. The molecular formula is C15H21NO2. The van der Waals surface area contributed by atoms with Crippen LogP contribution in [0.4, 0.5) is 0 Å². The second kappa shape index (κ2) is 5.53. The summed E-state index contributed by atoms with van der Waals surface area (Å²) in [6.07, 6.45) is 2.00. The molecule has 1 aromatic carbocycles. The maximum atomic E-state index is 12.5. The summed E-state index contributed by atoms with van der Waals surface area (Å²) in [5, 5.41) is 3.26. The Morgan fingerprint density at radius 2 is 2.22 bits per heavy atom. The minimum Gasteiger partial charge on any atom is -0.493 e. The zero-order valence-corrected chi connectivity index (χ0v) is 11.4. The van der Waals surface area contributed by atoms with Gasteiger partial charge in [-0.2, -0.15) is 0 Å². The summed E-state index contributed by atoms with van der Waals surface area (Å²) in [5.41, 5.74) is 2.88. The summed E-state index contributed by atoms with van der Waals surface area (Å²) in [5.74, 6) is 0.921. The number of rotatable bonds is 4. The average molecular weight is 247 g/mol. The van der Waals surface area contributed by atoms with Crippen LogP contribution in [0.3, 0.4) is 0 Å². The van der Waals surface area contributed by atoms with Crippen molar-refractivity contribution >= 4 is 5.78 Å². The van der Waals surface area contributed by atoms with Crippen molar-refractivity contribution in [1.82, 2.24) is 5.32 Å². The van der Waals surface area contributed by atoms with Crippen molar-refractivity contribution in [3.8, 4) is 5.75 Å². The molecule has 1 saturated heterocycles. The minimum atomic E-state index is -0.0367. The number of hydrogen-bond donors (Lipinski definition) is 1. The van der Waals surface area contributed by atoms with Crippen molar-refractivity contribution in [2.75, 3.05) is 13.2 Å². The first-order valence-electron chi connectivity index (χ1n) is 6.65. The zero-order chi connectivity index (χ0) is 13.1. The van der Waals surface area contributed by atoms with E-state index in [0.29, 0.717) is 6.61 Å². The van der Waals surface area contributed by atoms with Gasteiger partial charge in [0, 0.05) is 0 Å². The third kappa shape index (κ3) is 2.56. The van der Waals surface area contributed by atoms with Gasteiger partial charge in [0.15, 0.2) is 5.78 Å². The number of ketones is 1. The number of hydrogen-bond acceptors (Lipinski definition) is 3. The van der Waals surface area contributed by atoms with Crippen molar-refractivity contribution < 1.29 is 9.53 Å². The maximum absolute atomic E-state index is 12.5. The normalized spacial score (nSPS) is 18.9. The van der Waals surface area contributed by atoms with E-state index in [1.54, 1.807) is 0 Å². The number of nitrogens with one attached hydrogen (secondary N) is 1. The topological polar surface area (TPSA) is 38.3 Å². The monoisotopic (exact) mass is 247 g/mol. The van der Waals surface area contributed by atoms with Crippen LogP contribution in [0.2, 0.25) is 0 Å². The molecule has 0 spiro atoms. The lowest BCUT2D eigenvalue weighted by atomic mass is 9.97. The SMILES string of the molecule is CCOc1c(C)cc(C)cc1C(=O)C1CCCN1. The van der Waals surface area contributed by atoms with Crippen molar-refractivity contribution in [2.24, 2.45) is 0 Å². The standard InChI is InChI=1S/C15H21NO2/c1-4-18-15-11(3)8-10(2)9-12(15)14(17)13-6-5-7-16-13/h8-9,13,16H,4-7H2,1-3H3. The van der Waals surface area contributed by atoms with Crippen LogP contribution < -0.4 is 10.1 Å². The highest BCUT2D eigenvalue weighted by Gasteiger charge is 2.26. The first kappa shape index (κ1) is 13.1. The molecule has 0 amide bonds. The molecule has 1 aliphatic heterocycles. The molecule has 3 heteroatoms. The Hall–Kier alpha value is -1.35. The van der Waals surface area contributed by atoms with Crippen molar-refractivity contribution in [3.63, 3.8) is 0 Å². The van der Waals surface area contributed by atoms with Crippen LogP contribution >= 0.6 is 0 Å². The van der Waals surface area contributed by atoms with Gasteiger partial charge in [0.05, 0.1) is 18.2 Å². The third-order valence-electron chi connectivity index (χ3n) is 3.35. The van der Waals surface area contributed by atoms with E-state index in [2.05, 4.69) is 11.4 Å². The largest absolute Gasteiger partial charge is 0.493 e. The van der Waals surface area contributed by atoms with Gasteiger partial charge < -0.3 is 10.1 Å². The molecule has 1 fully saturated rings. The maximum Gasteiger partial charge on any atom is 0.183 e. The lowest BCUT2D eigenvalue weighted by Gasteiger charge is -2.16. The van der Waals surface area contributed by atoms with Gasteiger partial charge in [0.25, 0.3) is 0 Å². The van der Waals surface area contributed by atoms with E-state index in [1.807, 2.05) is 26.8 Å². The Kier molecular flexibility index (Phi) is 4.02. The van der Waals surface area contributed by atoms with Crippen LogP contribution in [0.1, 0.15) is 41.3 Å². The van der Waals surface area contributed by atoms with Crippen LogP contribution in [0.15, 0.2) is 12.1 Å². The number of ether oxygens (including phenoxy) is 1. The summed E-state index contributed by atoms with van der Waals surface area (Å²) < 4.78 is 5.65. The Labute approximate surface area is 109 Å². The summed E-state index contributed by atoms with van der Waals surface area (Å²) in [7, 11) is 0. The van der Waals surface area contributed by atoms with Crippen LogP contribution in [0, 0.1) is 13.8 Å². The Morgan fingerprint density at radius 1 is 1.44 bits per heavy atom. The molecule has 2 rings (SSSR count). The van der Waals surface area contributed by atoms with Gasteiger partial charge in [0.1, 0.15) is 5.75 Å². The Balaban J connectivity index is 2.37. The predicted octanol–water partition coefficient (Wildman–Crippen LogP) is 2.64. The van der Waals surface area contributed by atoms with Gasteiger partial charge in [-0.15, -0.1) is 0 Å². The number of carbonyl (C=O) groups excluding carboxylic acids is 1. The third-order valence-corrected chi connectivity index (χ3v) is 3.35. The van der Waals surface area contributed by atoms with E-state index in [9.17, 15) is 4.79 Å². The molecule has 18 heavy (non-hydrogen) atoms. The average Bonchev–Trinajstić information content (AvgIpc) is 2.85. The number of Topliss-reactive ketones (excluding diaryl/α,β-unsaturated/α-hetero) is 1. The van der Waals surface area contributed by atoms with Crippen molar-refractivity contribution in [2.45, 2.75) is 39.7 Å². The summed E-state index contributed by atoms with van der Waals surface area (Å²) in [6.45, 7) is 7.48. The van der Waals surface area contributed by atoms with Gasteiger partial charge in [0.2, 0.25) is 0 Å². The molecule has 0 saturated carbocycles. The van der Waals surface area contributed by atoms with Crippen LogP contribution in [-0.2, 0) is 0 Å². The first-order valence-corrected chi connectivity index (χ1v) is 6.65. The van der Waals surface area contributed by atoms with E-state index in [-0.39, 0.29) is 11.8 Å². The number of benzene rings is 1. The molecule has 3 nitrogen and oxygen atoms in total. The quantitative estimate of drug-likeness (QED) is 0.831. The fourth-order valence-electron chi connectivity index (χ4n) is 2.57. The van der Waals surface area contributed by atoms with E-state index in [4.69, 9.17) is 4.74 Å².